The van der Waals surface area contributed by atoms with Crippen LogP contribution >= 0.6 is 0 Å². The van der Waals surface area contributed by atoms with Crippen LogP contribution in [-0.4, -0.2) is 32.9 Å². The van der Waals surface area contributed by atoms with Crippen LogP contribution in [0.4, 0.5) is 5.69 Å². The first-order valence-corrected chi connectivity index (χ1v) is 18.5. The van der Waals surface area contributed by atoms with Gasteiger partial charge in [-0.1, -0.05) is 69.2 Å². The van der Waals surface area contributed by atoms with Crippen molar-refractivity contribution in [2.24, 2.45) is 17.8 Å². The molecule has 1 aliphatic carbocycles. The lowest BCUT2D eigenvalue weighted by molar-refractivity contribution is -0.131. The number of amides is 1. The van der Waals surface area contributed by atoms with Crippen molar-refractivity contribution in [1.82, 2.24) is 20.3 Å². The Kier molecular flexibility index (Phi) is 6.18. The number of benzene rings is 3. The molecule has 1 spiro atoms. The molecule has 10 heteroatoms. The van der Waals surface area contributed by atoms with E-state index in [1.807, 2.05) is 32.2 Å². The topological polar surface area (TPSA) is 135 Å². The first kappa shape index (κ1) is 30.0. The first-order valence-electron chi connectivity index (χ1n) is 18.5. The highest BCUT2D eigenvalue weighted by molar-refractivity contribution is 6.07. The van der Waals surface area contributed by atoms with E-state index in [1.165, 1.54) is 0 Å². The largest absolute Gasteiger partial charge is 0.469 e. The van der Waals surface area contributed by atoms with E-state index in [9.17, 15) is 9.59 Å². The van der Waals surface area contributed by atoms with Gasteiger partial charge in [0.1, 0.15) is 23.0 Å². The number of fused-ring (bicyclic) bond motifs is 7. The number of aromatic nitrogens is 3. The molecule has 11 rings (SSSR count). The maximum Gasteiger partial charge on any atom is 0.249 e. The number of carbonyl (C=O) groups is 2. The van der Waals surface area contributed by atoms with Gasteiger partial charge in [-0.15, -0.1) is 0 Å². The fraction of sp³-hybridized carbons (Fsp3) is 0.333. The third kappa shape index (κ3) is 4.00. The number of nitrogens with zero attached hydrogens (tertiary/aromatic N) is 2. The van der Waals surface area contributed by atoms with Crippen LogP contribution in [0, 0.1) is 17.8 Å². The highest BCUT2D eigenvalue weighted by Crippen LogP contribution is 2.61. The Morgan fingerprint density at radius 2 is 1.83 bits per heavy atom. The lowest BCUT2D eigenvalue weighted by atomic mass is 9.72. The summed E-state index contributed by atoms with van der Waals surface area (Å²) in [5.41, 5.74) is 7.24. The van der Waals surface area contributed by atoms with E-state index in [2.05, 4.69) is 58.1 Å². The van der Waals surface area contributed by atoms with Gasteiger partial charge in [0.2, 0.25) is 17.7 Å². The highest BCUT2D eigenvalue weighted by atomic mass is 16.5. The fourth-order valence-electron chi connectivity index (χ4n) is 9.63. The van der Waals surface area contributed by atoms with Crippen molar-refractivity contribution in [3.63, 3.8) is 0 Å². The molecule has 6 aromatic rings. The Hall–Kier alpha value is -5.64. The Balaban J connectivity index is 1.20. The van der Waals surface area contributed by atoms with Crippen molar-refractivity contribution in [2.75, 3.05) is 5.32 Å². The standard InChI is InChI=1S/C42H37N5O5/c1-20(2)34-40-46-36-37(52-40)42-27-11-5-10-25(24-9-6-12-29-33(24)26(18-43-29)32-19-44-39(36)50-32)35(27)47-41(42)51-31-14-13-21(16-28(31)42)15-23(38(49)45-34)17-30(48)22-7-3-4-8-22/h5-6,9-14,16,18-20,22-23,34,41,43,47H,3-4,7-8,15,17H2,1-2H3,(H,45,49)/t23?,34-,41?,42-/m0/s1. The van der Waals surface area contributed by atoms with Gasteiger partial charge in [0, 0.05) is 63.3 Å². The highest BCUT2D eigenvalue weighted by Gasteiger charge is 2.61. The maximum absolute atomic E-state index is 14.3. The molecule has 4 aliphatic heterocycles. The second-order valence-electron chi connectivity index (χ2n) is 15.5. The first-order chi connectivity index (χ1) is 25.4. The maximum atomic E-state index is 14.3. The summed E-state index contributed by atoms with van der Waals surface area (Å²) in [5.74, 6) is 1.95. The Morgan fingerprint density at radius 3 is 2.69 bits per heavy atom. The summed E-state index contributed by atoms with van der Waals surface area (Å²) in [7, 11) is 0. The van der Waals surface area contributed by atoms with Gasteiger partial charge in [-0.2, -0.15) is 0 Å². The number of Topliss-reactive ketones (excluding diaryl/α,β-unsaturated/α-hetero) is 1. The third-order valence-electron chi connectivity index (χ3n) is 12.2. The van der Waals surface area contributed by atoms with E-state index in [-0.39, 0.29) is 29.9 Å². The summed E-state index contributed by atoms with van der Waals surface area (Å²) in [5, 5.41) is 8.13. The van der Waals surface area contributed by atoms with Crippen LogP contribution in [0.25, 0.3) is 44.9 Å². The zero-order valence-electron chi connectivity index (χ0n) is 28.9. The Labute approximate surface area is 299 Å². The molecule has 3 N–H and O–H groups in total. The molecule has 5 aliphatic rings. The second-order valence-corrected chi connectivity index (χ2v) is 15.5. The number of para-hydroxylation sites is 1. The van der Waals surface area contributed by atoms with Crippen molar-refractivity contribution < 1.29 is 23.2 Å². The average molecular weight is 692 g/mol. The van der Waals surface area contributed by atoms with Gasteiger partial charge in [0.05, 0.1) is 6.20 Å². The number of hydrogen-bond acceptors (Lipinski definition) is 8. The van der Waals surface area contributed by atoms with Crippen molar-refractivity contribution >= 4 is 28.3 Å². The number of nitrogens with one attached hydrogen (secondary N) is 3. The molecule has 10 bridgehead atoms. The van der Waals surface area contributed by atoms with Crippen LogP contribution in [0.2, 0.25) is 0 Å². The molecule has 260 valence electrons. The van der Waals surface area contributed by atoms with Gasteiger partial charge in [-0.25, -0.2) is 9.97 Å². The SMILES string of the molecule is CC(C)[C@@H]1NC(=O)C(CC(=O)C2CCCC2)Cc2ccc3c(c2)[C@]24c5cccc(c5NC2O3)-c2cccc3[nH]cc(c23)-c2cnc(o2)-c2nc1oc24. The van der Waals surface area contributed by atoms with Crippen LogP contribution in [0.15, 0.2) is 75.8 Å². The van der Waals surface area contributed by atoms with E-state index in [4.69, 9.17) is 23.5 Å². The summed E-state index contributed by atoms with van der Waals surface area (Å²) in [6, 6.07) is 18.2. The second kappa shape index (κ2) is 10.7. The molecule has 52 heavy (non-hydrogen) atoms. The third-order valence-corrected chi connectivity index (χ3v) is 12.2. The molecule has 1 fully saturated rings. The van der Waals surface area contributed by atoms with E-state index in [0.29, 0.717) is 35.4 Å². The molecule has 3 aromatic heterocycles. The number of ketones is 1. The van der Waals surface area contributed by atoms with E-state index in [1.54, 1.807) is 6.20 Å². The van der Waals surface area contributed by atoms with Crippen molar-refractivity contribution in [3.05, 3.63) is 95.3 Å². The zero-order chi connectivity index (χ0) is 34.9. The molecule has 0 radical (unpaired) electrons. The van der Waals surface area contributed by atoms with Crippen LogP contribution in [0.3, 0.4) is 0 Å². The molecular formula is C42H37N5O5. The van der Waals surface area contributed by atoms with Gasteiger partial charge >= 0.3 is 0 Å². The van der Waals surface area contributed by atoms with Crippen molar-refractivity contribution in [2.45, 2.75) is 70.1 Å². The van der Waals surface area contributed by atoms with Crippen LogP contribution in [0.1, 0.15) is 80.3 Å². The summed E-state index contributed by atoms with van der Waals surface area (Å²) < 4.78 is 20.6. The average Bonchev–Trinajstić information content (AvgIpc) is 3.99. The summed E-state index contributed by atoms with van der Waals surface area (Å²) in [6.45, 7) is 4.08. The van der Waals surface area contributed by atoms with E-state index >= 15 is 0 Å². The van der Waals surface area contributed by atoms with E-state index in [0.717, 1.165) is 81.4 Å². The molecule has 0 saturated heterocycles. The lowest BCUT2D eigenvalue weighted by Crippen LogP contribution is -2.40. The van der Waals surface area contributed by atoms with Crippen LogP contribution in [0.5, 0.6) is 5.75 Å². The number of oxazole rings is 2. The molecule has 1 amide bonds. The minimum absolute atomic E-state index is 0.0284. The monoisotopic (exact) mass is 691 g/mol. The number of hydrogen-bond donors (Lipinski definition) is 3. The number of H-pyrrole nitrogens is 1. The minimum Gasteiger partial charge on any atom is -0.469 e. The quantitative estimate of drug-likeness (QED) is 0.169. The van der Waals surface area contributed by atoms with Crippen LogP contribution in [-0.2, 0) is 21.4 Å². The minimum atomic E-state index is -0.986. The normalized spacial score (nSPS) is 23.8. The molecule has 2 unspecified atom stereocenters. The lowest BCUT2D eigenvalue weighted by Gasteiger charge is -2.28. The molecule has 3 aromatic carbocycles. The van der Waals surface area contributed by atoms with Gasteiger partial charge in [-0.05, 0) is 48.4 Å². The zero-order valence-corrected chi connectivity index (χ0v) is 28.9. The summed E-state index contributed by atoms with van der Waals surface area (Å²) >= 11 is 0. The summed E-state index contributed by atoms with van der Waals surface area (Å²) in [6.07, 6.45) is 7.68. The van der Waals surface area contributed by atoms with Gasteiger partial charge in [-0.3, -0.25) is 9.59 Å². The van der Waals surface area contributed by atoms with Gasteiger partial charge in [0.15, 0.2) is 23.4 Å². The Bertz CT molecular complexity index is 2480. The molecule has 7 heterocycles. The number of rotatable bonds is 4. The molecule has 1 saturated carbocycles. The predicted molar refractivity (Wildman–Crippen MR) is 194 cm³/mol. The van der Waals surface area contributed by atoms with Gasteiger partial charge in [0.25, 0.3) is 0 Å². The van der Waals surface area contributed by atoms with Gasteiger partial charge < -0.3 is 29.2 Å². The molecule has 10 nitrogen and oxygen atoms in total. The van der Waals surface area contributed by atoms with E-state index < -0.39 is 23.6 Å². The summed E-state index contributed by atoms with van der Waals surface area (Å²) in [4.78, 5) is 41.4. The number of aromatic amines is 1. The Morgan fingerprint density at radius 1 is 0.981 bits per heavy atom. The van der Waals surface area contributed by atoms with Crippen LogP contribution < -0.4 is 15.4 Å². The fourth-order valence-corrected chi connectivity index (χ4v) is 9.63. The van der Waals surface area contributed by atoms with Crippen molar-refractivity contribution in [1.29, 1.82) is 0 Å². The van der Waals surface area contributed by atoms with Crippen molar-refractivity contribution in [3.8, 4) is 39.8 Å². The number of carbonyl (C=O) groups excluding carboxylic acids is 2. The smallest absolute Gasteiger partial charge is 0.249 e. The molecular weight excluding hydrogens is 654 g/mol. The predicted octanol–water partition coefficient (Wildman–Crippen LogP) is 8.07. The molecule has 4 atom stereocenters. The number of anilines is 1. The number of ether oxygens (including phenoxy) is 1.